The Balaban J connectivity index is 3.12. The zero-order chi connectivity index (χ0) is 5.28. The van der Waals surface area contributed by atoms with Gasteiger partial charge in [0.15, 0.2) is 5.82 Å². The molecule has 0 aromatic carbocycles. The van der Waals surface area contributed by atoms with Gasteiger partial charge in [-0.2, -0.15) is 4.09 Å². The predicted octanol–water partition coefficient (Wildman–Crippen LogP) is -0.447. The molecule has 2 N–H and O–H groups in total. The molecule has 0 amide bonds. The molecule has 0 aliphatic heterocycles. The Bertz CT molecular complexity index is 142. The second kappa shape index (κ2) is 1.42. The lowest BCUT2D eigenvalue weighted by atomic mass is 10.8. The van der Waals surface area contributed by atoms with E-state index in [1.807, 2.05) is 0 Å². The van der Waals surface area contributed by atoms with E-state index in [1.54, 1.807) is 0 Å². The van der Waals surface area contributed by atoms with Crippen LogP contribution in [0.15, 0.2) is 6.20 Å². The van der Waals surface area contributed by atoms with Gasteiger partial charge in [0.2, 0.25) is 0 Å². The van der Waals surface area contributed by atoms with Gasteiger partial charge >= 0.3 is 0 Å². The summed E-state index contributed by atoms with van der Waals surface area (Å²) < 4.78 is 1.19. The molecular weight excluding hydrogens is 112 g/mol. The SMILES string of the molecule is Nc1cnnn1S. The van der Waals surface area contributed by atoms with Crippen LogP contribution in [0, 0.1) is 0 Å². The Morgan fingerprint density at radius 3 is 2.71 bits per heavy atom. The summed E-state index contributed by atoms with van der Waals surface area (Å²) in [4.78, 5) is 0. The van der Waals surface area contributed by atoms with Crippen LogP contribution in [0.25, 0.3) is 0 Å². The van der Waals surface area contributed by atoms with E-state index in [4.69, 9.17) is 5.73 Å². The molecule has 0 aliphatic rings. The number of aromatic nitrogens is 3. The number of hydrogen-bond donors (Lipinski definition) is 2. The maximum atomic E-state index is 5.20. The molecular formula is C2H4N4S. The summed E-state index contributed by atoms with van der Waals surface area (Å²) in [6.45, 7) is 0. The average Bonchev–Trinajstić information content (AvgIpc) is 1.91. The standard InChI is InChI=1S/C2H4N4S/c3-2-1-4-5-6(2)7/h1,7H,3H2. The number of rotatable bonds is 0. The lowest BCUT2D eigenvalue weighted by molar-refractivity contribution is 0.901. The first-order valence-electron chi connectivity index (χ1n) is 1.66. The minimum atomic E-state index is 0.448. The molecule has 0 fully saturated rings. The summed E-state index contributed by atoms with van der Waals surface area (Å²) in [6, 6.07) is 0. The Morgan fingerprint density at radius 2 is 2.57 bits per heavy atom. The van der Waals surface area contributed by atoms with Crippen LogP contribution in [0.4, 0.5) is 5.82 Å². The highest BCUT2D eigenvalue weighted by atomic mass is 32.1. The number of nitrogen functional groups attached to an aromatic ring is 1. The van der Waals surface area contributed by atoms with E-state index >= 15 is 0 Å². The second-order valence-electron chi connectivity index (χ2n) is 1.05. The van der Waals surface area contributed by atoms with Crippen LogP contribution in [0.2, 0.25) is 0 Å². The quantitative estimate of drug-likeness (QED) is 0.451. The van der Waals surface area contributed by atoms with Crippen molar-refractivity contribution in [2.45, 2.75) is 0 Å². The van der Waals surface area contributed by atoms with E-state index in [-0.39, 0.29) is 0 Å². The molecule has 1 heterocycles. The summed E-state index contributed by atoms with van der Waals surface area (Å²) >= 11 is 3.77. The predicted molar refractivity (Wildman–Crippen MR) is 28.8 cm³/mol. The maximum Gasteiger partial charge on any atom is 0.154 e. The number of thiol groups is 1. The van der Waals surface area contributed by atoms with E-state index in [0.29, 0.717) is 5.82 Å². The van der Waals surface area contributed by atoms with Crippen molar-refractivity contribution in [2.75, 3.05) is 5.73 Å². The molecule has 0 atom stereocenters. The van der Waals surface area contributed by atoms with Crippen LogP contribution in [0.5, 0.6) is 0 Å². The van der Waals surface area contributed by atoms with Gasteiger partial charge in [0.05, 0.1) is 6.20 Å². The van der Waals surface area contributed by atoms with E-state index in [2.05, 4.69) is 23.1 Å². The fourth-order valence-corrected chi connectivity index (χ4v) is 0.335. The minimum absolute atomic E-state index is 0.448. The third kappa shape index (κ3) is 0.663. The van der Waals surface area contributed by atoms with Crippen molar-refractivity contribution < 1.29 is 0 Å². The Labute approximate surface area is 45.9 Å². The Kier molecular flexibility index (Phi) is 0.900. The van der Waals surface area contributed by atoms with E-state index < -0.39 is 0 Å². The van der Waals surface area contributed by atoms with Gasteiger partial charge in [0, 0.05) is 0 Å². The minimum Gasteiger partial charge on any atom is -0.382 e. The van der Waals surface area contributed by atoms with Crippen molar-refractivity contribution in [3.05, 3.63) is 6.20 Å². The van der Waals surface area contributed by atoms with E-state index in [9.17, 15) is 0 Å². The number of nitrogens with zero attached hydrogens (tertiary/aromatic N) is 3. The van der Waals surface area contributed by atoms with Gasteiger partial charge in [0.25, 0.3) is 0 Å². The highest BCUT2D eigenvalue weighted by molar-refractivity contribution is 7.78. The van der Waals surface area contributed by atoms with Gasteiger partial charge in [-0.3, -0.25) is 0 Å². The molecule has 5 heteroatoms. The number of anilines is 1. The Morgan fingerprint density at radius 1 is 1.86 bits per heavy atom. The molecule has 0 spiro atoms. The molecule has 38 valence electrons. The van der Waals surface area contributed by atoms with Crippen molar-refractivity contribution in [1.82, 2.24) is 14.4 Å². The monoisotopic (exact) mass is 116 g/mol. The highest BCUT2D eigenvalue weighted by Gasteiger charge is 1.87. The van der Waals surface area contributed by atoms with Crippen LogP contribution in [-0.4, -0.2) is 14.4 Å². The van der Waals surface area contributed by atoms with Crippen molar-refractivity contribution in [1.29, 1.82) is 0 Å². The van der Waals surface area contributed by atoms with Gasteiger partial charge in [0.1, 0.15) is 0 Å². The van der Waals surface area contributed by atoms with Crippen molar-refractivity contribution in [3.63, 3.8) is 0 Å². The largest absolute Gasteiger partial charge is 0.382 e. The second-order valence-corrected chi connectivity index (χ2v) is 1.43. The summed E-state index contributed by atoms with van der Waals surface area (Å²) in [5.41, 5.74) is 5.20. The van der Waals surface area contributed by atoms with E-state index in [1.165, 1.54) is 10.3 Å². The van der Waals surface area contributed by atoms with Gasteiger partial charge in [-0.05, 0) is 12.8 Å². The van der Waals surface area contributed by atoms with Crippen LogP contribution < -0.4 is 5.73 Å². The number of nitrogens with two attached hydrogens (primary N) is 1. The molecule has 0 unspecified atom stereocenters. The van der Waals surface area contributed by atoms with Crippen molar-refractivity contribution in [2.24, 2.45) is 0 Å². The van der Waals surface area contributed by atoms with Crippen molar-refractivity contribution >= 4 is 18.6 Å². The topological polar surface area (TPSA) is 56.7 Å². The highest BCUT2D eigenvalue weighted by Crippen LogP contribution is 1.95. The van der Waals surface area contributed by atoms with Gasteiger partial charge in [-0.25, -0.2) is 0 Å². The third-order valence-electron chi connectivity index (χ3n) is 0.557. The first-order chi connectivity index (χ1) is 3.30. The molecule has 0 saturated carbocycles. The molecule has 0 bridgehead atoms. The Hall–Kier alpha value is -0.710. The van der Waals surface area contributed by atoms with Crippen LogP contribution in [-0.2, 0) is 0 Å². The number of hydrogen-bond acceptors (Lipinski definition) is 4. The molecule has 1 aromatic rings. The zero-order valence-corrected chi connectivity index (χ0v) is 4.34. The summed E-state index contributed by atoms with van der Waals surface area (Å²) in [5.74, 6) is 0.448. The molecule has 4 nitrogen and oxygen atoms in total. The fourth-order valence-electron chi connectivity index (χ4n) is 0.237. The van der Waals surface area contributed by atoms with Gasteiger partial charge in [-0.1, -0.05) is 5.21 Å². The summed E-state index contributed by atoms with van der Waals surface area (Å²) in [5, 5.41) is 6.85. The summed E-state index contributed by atoms with van der Waals surface area (Å²) in [7, 11) is 0. The first kappa shape index (κ1) is 4.45. The average molecular weight is 116 g/mol. The summed E-state index contributed by atoms with van der Waals surface area (Å²) in [6.07, 6.45) is 1.42. The van der Waals surface area contributed by atoms with Crippen molar-refractivity contribution in [3.8, 4) is 0 Å². The molecule has 0 saturated heterocycles. The zero-order valence-electron chi connectivity index (χ0n) is 3.44. The molecule has 1 rings (SSSR count). The van der Waals surface area contributed by atoms with E-state index in [0.717, 1.165) is 0 Å². The van der Waals surface area contributed by atoms with Crippen LogP contribution in [0.3, 0.4) is 0 Å². The fraction of sp³-hybridized carbons (Fsp3) is 0. The molecule has 0 radical (unpaired) electrons. The maximum absolute atomic E-state index is 5.20. The van der Waals surface area contributed by atoms with Gasteiger partial charge < -0.3 is 5.73 Å². The molecule has 0 aliphatic carbocycles. The lowest BCUT2D eigenvalue weighted by Gasteiger charge is -1.82. The lowest BCUT2D eigenvalue weighted by Crippen LogP contribution is -1.90. The first-order valence-corrected chi connectivity index (χ1v) is 2.06. The smallest absolute Gasteiger partial charge is 0.154 e. The normalized spacial score (nSPS) is 9.29. The van der Waals surface area contributed by atoms with Crippen LogP contribution >= 0.6 is 12.8 Å². The van der Waals surface area contributed by atoms with Crippen LogP contribution in [0.1, 0.15) is 0 Å². The third-order valence-corrected chi connectivity index (χ3v) is 0.868. The van der Waals surface area contributed by atoms with Gasteiger partial charge in [-0.15, -0.1) is 5.10 Å². The molecule has 7 heavy (non-hydrogen) atoms. The molecule has 1 aromatic heterocycles.